The first-order valence-electron chi connectivity index (χ1n) is 13.5. The summed E-state index contributed by atoms with van der Waals surface area (Å²) in [6, 6.07) is 9.52. The minimum absolute atomic E-state index is 0.144. The maximum atomic E-state index is 14.4. The predicted molar refractivity (Wildman–Crippen MR) is 146 cm³/mol. The average molecular weight is 655 g/mol. The summed E-state index contributed by atoms with van der Waals surface area (Å²) in [5, 5.41) is 11.6. The van der Waals surface area contributed by atoms with Crippen molar-refractivity contribution in [2.45, 2.75) is 24.1 Å². The number of pyridine rings is 4. The first-order chi connectivity index (χ1) is 22.6. The molecule has 47 heavy (non-hydrogen) atoms. The normalized spacial score (nSPS) is 20.2. The van der Waals surface area contributed by atoms with E-state index in [0.717, 1.165) is 43.0 Å². The third kappa shape index (κ3) is 7.37. The Balaban J connectivity index is 1.48. The number of ether oxygens (including phenoxy) is 5. The van der Waals surface area contributed by atoms with Crippen LogP contribution in [0.25, 0.3) is 0 Å². The third-order valence-corrected chi connectivity index (χ3v) is 6.56. The van der Waals surface area contributed by atoms with Crippen LogP contribution in [0.3, 0.4) is 0 Å². The quantitative estimate of drug-likeness (QED) is 0.149. The van der Waals surface area contributed by atoms with Gasteiger partial charge in [-0.15, -0.1) is 0 Å². The molecular formula is C30H21F3N4O10. The fraction of sp³-hybridized carbons (Fsp3) is 0.200. The highest BCUT2D eigenvalue weighted by molar-refractivity contribution is 5.91. The first-order valence-corrected chi connectivity index (χ1v) is 13.5. The molecule has 0 unspecified atom stereocenters. The topological polar surface area (TPSA) is 186 Å². The van der Waals surface area contributed by atoms with Gasteiger partial charge in [-0.25, -0.2) is 34.1 Å². The van der Waals surface area contributed by atoms with Crippen molar-refractivity contribution in [3.05, 3.63) is 120 Å². The van der Waals surface area contributed by atoms with E-state index < -0.39 is 95.7 Å². The molecule has 0 spiro atoms. The zero-order chi connectivity index (χ0) is 33.6. The van der Waals surface area contributed by atoms with Gasteiger partial charge in [0.1, 0.15) is 36.0 Å². The lowest BCUT2D eigenvalue weighted by atomic mass is 10.0. The maximum Gasteiger partial charge on any atom is 0.343 e. The zero-order valence-corrected chi connectivity index (χ0v) is 23.7. The van der Waals surface area contributed by atoms with Gasteiger partial charge in [-0.05, 0) is 48.5 Å². The molecule has 5 rings (SSSR count). The smallest absolute Gasteiger partial charge is 0.343 e. The Morgan fingerprint density at radius 1 is 0.723 bits per heavy atom. The molecule has 0 aliphatic carbocycles. The maximum absolute atomic E-state index is 14.4. The molecule has 0 aromatic carbocycles. The van der Waals surface area contributed by atoms with Crippen LogP contribution in [0.5, 0.6) is 0 Å². The van der Waals surface area contributed by atoms with Gasteiger partial charge in [0.25, 0.3) is 0 Å². The van der Waals surface area contributed by atoms with Gasteiger partial charge in [0, 0.05) is 31.0 Å². The number of hydrogen-bond donors (Lipinski definition) is 1. The van der Waals surface area contributed by atoms with Gasteiger partial charge in [0.15, 0.2) is 12.2 Å². The van der Waals surface area contributed by atoms with Gasteiger partial charge in [-0.2, -0.15) is 13.2 Å². The van der Waals surface area contributed by atoms with Crippen molar-refractivity contribution in [2.75, 3.05) is 13.2 Å². The summed E-state index contributed by atoms with van der Waals surface area (Å²) < 4.78 is 69.3. The number of halogens is 3. The standard InChI is InChI=1S/C30H21F3N4O10/c31-23-17(6-2-10-35-23)27(39)43-14-20-21(45-29(41)19-8-4-12-37-25(19)33)22(46-26(38)16-5-1-9-34-13-16)30(42,47-20)15-44-28(40)18-7-3-11-36-24(18)32/h1-13,20-22,42H,14-15H2/t20-,21-,22+,30-/m1/s1. The van der Waals surface area contributed by atoms with Crippen molar-refractivity contribution in [3.8, 4) is 0 Å². The molecule has 0 saturated carbocycles. The molecule has 1 aliphatic rings. The van der Waals surface area contributed by atoms with Gasteiger partial charge < -0.3 is 28.8 Å². The molecule has 4 aromatic rings. The van der Waals surface area contributed by atoms with E-state index in [1.54, 1.807) is 0 Å². The second-order valence-electron chi connectivity index (χ2n) is 9.64. The van der Waals surface area contributed by atoms with Gasteiger partial charge in [0.2, 0.25) is 23.6 Å². The minimum Gasteiger partial charge on any atom is -0.459 e. The summed E-state index contributed by atoms with van der Waals surface area (Å²) in [5.41, 5.74) is -2.03. The summed E-state index contributed by atoms with van der Waals surface area (Å²) in [4.78, 5) is 65.3. The van der Waals surface area contributed by atoms with Crippen LogP contribution in [0.2, 0.25) is 0 Å². The number of hydrogen-bond acceptors (Lipinski definition) is 14. The Morgan fingerprint density at radius 2 is 1.26 bits per heavy atom. The second-order valence-corrected chi connectivity index (χ2v) is 9.64. The van der Waals surface area contributed by atoms with Crippen LogP contribution < -0.4 is 0 Å². The average Bonchev–Trinajstić information content (AvgIpc) is 3.33. The van der Waals surface area contributed by atoms with Crippen LogP contribution in [0.15, 0.2) is 79.5 Å². The molecule has 1 aliphatic heterocycles. The van der Waals surface area contributed by atoms with Gasteiger partial charge in [-0.3, -0.25) is 4.98 Å². The van der Waals surface area contributed by atoms with Crippen LogP contribution in [0.1, 0.15) is 41.4 Å². The van der Waals surface area contributed by atoms with Crippen LogP contribution >= 0.6 is 0 Å². The molecule has 5 heterocycles. The van der Waals surface area contributed by atoms with Crippen LogP contribution in [-0.2, 0) is 23.7 Å². The van der Waals surface area contributed by atoms with Crippen LogP contribution in [0.4, 0.5) is 13.2 Å². The molecule has 0 bridgehead atoms. The molecule has 242 valence electrons. The lowest BCUT2D eigenvalue weighted by Gasteiger charge is -2.29. The van der Waals surface area contributed by atoms with E-state index in [4.69, 9.17) is 23.7 Å². The van der Waals surface area contributed by atoms with Crippen molar-refractivity contribution < 1.29 is 61.1 Å². The van der Waals surface area contributed by atoms with E-state index in [2.05, 4.69) is 19.9 Å². The fourth-order valence-corrected chi connectivity index (χ4v) is 4.34. The highest BCUT2D eigenvalue weighted by Gasteiger charge is 2.60. The van der Waals surface area contributed by atoms with E-state index in [9.17, 15) is 37.5 Å². The van der Waals surface area contributed by atoms with Crippen LogP contribution in [0, 0.1) is 17.8 Å². The first kappa shape index (κ1) is 32.6. The van der Waals surface area contributed by atoms with Crippen molar-refractivity contribution in [2.24, 2.45) is 0 Å². The Morgan fingerprint density at radius 3 is 1.79 bits per heavy atom. The SMILES string of the molecule is O=C(O[C@H]1[C@H](OC(=O)c2cccnc2F)[C@@H](COC(=O)c2cccnc2F)O[C@]1(O)COC(=O)c1cccnc1F)c1cccnc1. The van der Waals surface area contributed by atoms with Crippen LogP contribution in [-0.4, -0.2) is 86.2 Å². The van der Waals surface area contributed by atoms with Crippen molar-refractivity contribution in [1.82, 2.24) is 19.9 Å². The number of rotatable bonds is 10. The number of esters is 4. The predicted octanol–water partition coefficient (Wildman–Crippen LogP) is 2.24. The summed E-state index contributed by atoms with van der Waals surface area (Å²) in [6.45, 7) is -2.07. The van der Waals surface area contributed by atoms with Crippen molar-refractivity contribution >= 4 is 23.9 Å². The molecule has 1 N–H and O–H groups in total. The molecule has 4 aromatic heterocycles. The number of aromatic nitrogens is 4. The number of carbonyl (C=O) groups excluding carboxylic acids is 4. The van der Waals surface area contributed by atoms with E-state index in [-0.39, 0.29) is 5.56 Å². The Kier molecular flexibility index (Phi) is 9.77. The summed E-state index contributed by atoms with van der Waals surface area (Å²) in [5.74, 6) is -11.6. The Hall–Kier alpha value is -5.81. The molecule has 1 saturated heterocycles. The minimum atomic E-state index is -2.87. The highest BCUT2D eigenvalue weighted by atomic mass is 19.1. The van der Waals surface area contributed by atoms with Gasteiger partial charge in [0.05, 0.1) is 5.56 Å². The van der Waals surface area contributed by atoms with E-state index in [1.165, 1.54) is 36.5 Å². The lowest BCUT2D eigenvalue weighted by molar-refractivity contribution is -0.247. The Labute approximate surface area is 262 Å². The zero-order valence-electron chi connectivity index (χ0n) is 23.7. The lowest BCUT2D eigenvalue weighted by Crippen LogP contribution is -2.51. The fourth-order valence-electron chi connectivity index (χ4n) is 4.34. The summed E-state index contributed by atoms with van der Waals surface area (Å²) >= 11 is 0. The molecule has 4 atom stereocenters. The molecule has 1 fully saturated rings. The monoisotopic (exact) mass is 654 g/mol. The third-order valence-electron chi connectivity index (χ3n) is 6.56. The summed E-state index contributed by atoms with van der Waals surface area (Å²) in [6.07, 6.45) is -0.0478. The molecule has 0 amide bonds. The second kappa shape index (κ2) is 14.1. The summed E-state index contributed by atoms with van der Waals surface area (Å²) in [7, 11) is 0. The highest BCUT2D eigenvalue weighted by Crippen LogP contribution is 2.36. The van der Waals surface area contributed by atoms with Crippen molar-refractivity contribution in [3.63, 3.8) is 0 Å². The van der Waals surface area contributed by atoms with Crippen molar-refractivity contribution in [1.29, 1.82) is 0 Å². The van der Waals surface area contributed by atoms with Gasteiger partial charge in [-0.1, -0.05) is 0 Å². The van der Waals surface area contributed by atoms with E-state index >= 15 is 0 Å². The van der Waals surface area contributed by atoms with Gasteiger partial charge >= 0.3 is 23.9 Å². The number of aliphatic hydroxyl groups is 1. The molecule has 14 nitrogen and oxygen atoms in total. The Bertz CT molecular complexity index is 1800. The molecule has 0 radical (unpaired) electrons. The number of carbonyl (C=O) groups is 4. The molecular weight excluding hydrogens is 633 g/mol. The number of nitrogens with zero attached hydrogens (tertiary/aromatic N) is 4. The van der Waals surface area contributed by atoms with E-state index in [1.807, 2.05) is 0 Å². The molecule has 17 heteroatoms. The largest absolute Gasteiger partial charge is 0.459 e. The van der Waals surface area contributed by atoms with E-state index in [0.29, 0.717) is 0 Å².